The van der Waals surface area contributed by atoms with Crippen LogP contribution in [0.15, 0.2) is 91.6 Å². The molecule has 0 saturated heterocycles. The molecule has 5 rings (SSSR count). The highest BCUT2D eigenvalue weighted by molar-refractivity contribution is 9.10. The number of ether oxygens (including phenoxy) is 3. The first-order valence-electron chi connectivity index (χ1n) is 14.3. The van der Waals surface area contributed by atoms with Crippen LogP contribution in [-0.2, 0) is 6.61 Å². The molecule has 5 aromatic rings. The number of halogens is 2. The Hall–Kier alpha value is -3.95. The minimum Gasteiger partial charge on any atom is -0.494 e. The van der Waals surface area contributed by atoms with Crippen LogP contribution in [0.2, 0.25) is 0 Å². The molecule has 226 valence electrons. The second kappa shape index (κ2) is 13.8. The molecule has 9 heteroatoms. The Balaban J connectivity index is 1.58. The fraction of sp³-hybridized carbons (Fsp3) is 0.229. The Kier molecular flexibility index (Phi) is 9.86. The summed E-state index contributed by atoms with van der Waals surface area (Å²) in [5, 5.41) is 5.17. The van der Waals surface area contributed by atoms with Crippen molar-refractivity contribution < 1.29 is 14.2 Å². The first-order chi connectivity index (χ1) is 21.2. The zero-order chi connectivity index (χ0) is 31.4. The van der Waals surface area contributed by atoms with Crippen molar-refractivity contribution in [1.82, 2.24) is 9.66 Å². The normalized spacial score (nSPS) is 11.5. The highest BCUT2D eigenvalue weighted by Gasteiger charge is 2.19. The maximum absolute atomic E-state index is 13.9. The molecule has 0 saturated carbocycles. The van der Waals surface area contributed by atoms with Crippen LogP contribution in [0.1, 0.15) is 48.9 Å². The molecule has 0 radical (unpaired) electrons. The number of nitrogens with zero attached hydrogens (tertiary/aromatic N) is 3. The van der Waals surface area contributed by atoms with Crippen LogP contribution in [0.25, 0.3) is 22.3 Å². The number of rotatable bonds is 10. The smallest absolute Gasteiger partial charge is 0.282 e. The molecule has 4 aromatic carbocycles. The number of hydrogen-bond donors (Lipinski definition) is 0. The first kappa shape index (κ1) is 31.5. The third kappa shape index (κ3) is 6.74. The fourth-order valence-corrected chi connectivity index (χ4v) is 5.73. The zero-order valence-electron chi connectivity index (χ0n) is 25.2. The van der Waals surface area contributed by atoms with Gasteiger partial charge in [-0.25, -0.2) is 4.98 Å². The second-order valence-electron chi connectivity index (χ2n) is 10.6. The van der Waals surface area contributed by atoms with Crippen LogP contribution >= 0.6 is 31.9 Å². The van der Waals surface area contributed by atoms with Gasteiger partial charge < -0.3 is 14.2 Å². The van der Waals surface area contributed by atoms with Crippen molar-refractivity contribution in [2.24, 2.45) is 5.10 Å². The first-order valence-corrected chi connectivity index (χ1v) is 15.9. The number of benzene rings is 4. The van der Waals surface area contributed by atoms with E-state index in [2.05, 4.69) is 56.9 Å². The highest BCUT2D eigenvalue weighted by Crippen LogP contribution is 2.37. The summed E-state index contributed by atoms with van der Waals surface area (Å²) in [4.78, 5) is 18.8. The van der Waals surface area contributed by atoms with E-state index in [1.165, 1.54) is 4.68 Å². The molecule has 0 N–H and O–H groups in total. The van der Waals surface area contributed by atoms with Gasteiger partial charge in [0.05, 0.1) is 35.3 Å². The molecule has 0 bridgehead atoms. The van der Waals surface area contributed by atoms with Gasteiger partial charge in [0.2, 0.25) is 0 Å². The van der Waals surface area contributed by atoms with Gasteiger partial charge in [-0.1, -0.05) is 54.0 Å². The number of aromatic nitrogens is 2. The van der Waals surface area contributed by atoms with Crippen molar-refractivity contribution in [3.8, 4) is 28.6 Å². The zero-order valence-corrected chi connectivity index (χ0v) is 28.4. The molecule has 0 aliphatic rings. The third-order valence-corrected chi connectivity index (χ3v) is 8.26. The van der Waals surface area contributed by atoms with Crippen LogP contribution in [-0.4, -0.2) is 29.6 Å². The summed E-state index contributed by atoms with van der Waals surface area (Å²) in [6.45, 7) is 9.14. The summed E-state index contributed by atoms with van der Waals surface area (Å²) in [5.74, 6) is 2.60. The summed E-state index contributed by atoms with van der Waals surface area (Å²) in [5.41, 5.74) is 4.86. The predicted molar refractivity (Wildman–Crippen MR) is 184 cm³/mol. The van der Waals surface area contributed by atoms with E-state index in [4.69, 9.17) is 19.2 Å². The number of para-hydroxylation sites is 1. The van der Waals surface area contributed by atoms with Crippen LogP contribution in [0.5, 0.6) is 17.2 Å². The van der Waals surface area contributed by atoms with Crippen LogP contribution in [0.3, 0.4) is 0 Å². The molecular weight excluding hydrogens is 686 g/mol. The molecule has 0 spiro atoms. The largest absolute Gasteiger partial charge is 0.494 e. The molecule has 0 unspecified atom stereocenters. The van der Waals surface area contributed by atoms with E-state index in [0.717, 1.165) is 32.5 Å². The predicted octanol–water partition coefficient (Wildman–Crippen LogP) is 8.89. The Morgan fingerprint density at radius 1 is 0.977 bits per heavy atom. The number of aryl methyl sites for hydroxylation is 1. The van der Waals surface area contributed by atoms with Gasteiger partial charge >= 0.3 is 0 Å². The van der Waals surface area contributed by atoms with E-state index in [1.54, 1.807) is 19.4 Å². The molecular formula is C35H33Br2N3O4. The third-order valence-electron chi connectivity index (χ3n) is 7.14. The van der Waals surface area contributed by atoms with E-state index < -0.39 is 0 Å². The second-order valence-corrected chi connectivity index (χ2v) is 12.3. The monoisotopic (exact) mass is 717 g/mol. The van der Waals surface area contributed by atoms with Gasteiger partial charge in [0, 0.05) is 10.0 Å². The summed E-state index contributed by atoms with van der Waals surface area (Å²) >= 11 is 7.09. The average molecular weight is 719 g/mol. The lowest BCUT2D eigenvalue weighted by molar-refractivity contribution is 0.282. The Bertz CT molecular complexity index is 1900. The topological polar surface area (TPSA) is 74.9 Å². The summed E-state index contributed by atoms with van der Waals surface area (Å²) in [6.07, 6.45) is 1.63. The molecule has 0 atom stereocenters. The molecule has 1 aromatic heterocycles. The quantitative estimate of drug-likeness (QED) is 0.135. The molecule has 7 nitrogen and oxygen atoms in total. The summed E-state index contributed by atoms with van der Waals surface area (Å²) in [6, 6.07) is 23.0. The van der Waals surface area contributed by atoms with Gasteiger partial charge in [0.15, 0.2) is 17.3 Å². The van der Waals surface area contributed by atoms with E-state index in [9.17, 15) is 4.79 Å². The van der Waals surface area contributed by atoms with Crippen molar-refractivity contribution in [1.29, 1.82) is 0 Å². The van der Waals surface area contributed by atoms with Crippen molar-refractivity contribution >= 4 is 49.0 Å². The van der Waals surface area contributed by atoms with Crippen LogP contribution in [0.4, 0.5) is 0 Å². The van der Waals surface area contributed by atoms with Gasteiger partial charge in [-0.2, -0.15) is 9.78 Å². The van der Waals surface area contributed by atoms with E-state index in [0.29, 0.717) is 51.5 Å². The van der Waals surface area contributed by atoms with E-state index in [1.807, 2.05) is 74.5 Å². The maximum atomic E-state index is 13.9. The minimum absolute atomic E-state index is 0.203. The molecule has 0 amide bonds. The Labute approximate surface area is 273 Å². The lowest BCUT2D eigenvalue weighted by atomic mass is 9.96. The van der Waals surface area contributed by atoms with E-state index in [-0.39, 0.29) is 11.5 Å². The molecule has 0 fully saturated rings. The van der Waals surface area contributed by atoms with Gasteiger partial charge in [-0.15, -0.1) is 0 Å². The SMILES string of the molecule is CCOc1cc(C)c(-c2nc3ccccc3c(=O)n2N=Cc2cc(Br)c(OCc3ccc(Br)cc3)c(OC)c2)cc1C(C)C. The maximum Gasteiger partial charge on any atom is 0.282 e. The van der Waals surface area contributed by atoms with Crippen LogP contribution < -0.4 is 19.8 Å². The fourth-order valence-electron chi connectivity index (χ4n) is 4.89. The van der Waals surface area contributed by atoms with Gasteiger partial charge in [0.25, 0.3) is 5.56 Å². The van der Waals surface area contributed by atoms with Crippen molar-refractivity contribution in [3.05, 3.63) is 114 Å². The van der Waals surface area contributed by atoms with Gasteiger partial charge in [-0.05, 0) is 106 Å². The lowest BCUT2D eigenvalue weighted by Crippen LogP contribution is -2.21. The van der Waals surface area contributed by atoms with Crippen molar-refractivity contribution in [2.45, 2.75) is 40.2 Å². The standard InChI is InChI=1S/C35H33Br2N3O4/c1-6-43-31-15-22(4)28(18-27(31)21(2)3)34-39-30-10-8-7-9-26(30)35(41)40(34)38-19-24-16-29(37)33(32(17-24)42-5)44-20-23-11-13-25(36)14-12-23/h7-19,21H,6,20H2,1-5H3. The average Bonchev–Trinajstić information content (AvgIpc) is 3.00. The Morgan fingerprint density at radius 3 is 2.43 bits per heavy atom. The minimum atomic E-state index is -0.262. The Morgan fingerprint density at radius 2 is 1.73 bits per heavy atom. The summed E-state index contributed by atoms with van der Waals surface area (Å²) < 4.78 is 20.8. The number of hydrogen-bond acceptors (Lipinski definition) is 6. The molecule has 0 aliphatic carbocycles. The highest BCUT2D eigenvalue weighted by atomic mass is 79.9. The lowest BCUT2D eigenvalue weighted by Gasteiger charge is -2.18. The van der Waals surface area contributed by atoms with Crippen molar-refractivity contribution in [2.75, 3.05) is 13.7 Å². The van der Waals surface area contributed by atoms with E-state index >= 15 is 0 Å². The van der Waals surface area contributed by atoms with Gasteiger partial charge in [0.1, 0.15) is 12.4 Å². The number of fused-ring (bicyclic) bond motifs is 1. The van der Waals surface area contributed by atoms with Crippen molar-refractivity contribution in [3.63, 3.8) is 0 Å². The molecule has 44 heavy (non-hydrogen) atoms. The summed E-state index contributed by atoms with van der Waals surface area (Å²) in [7, 11) is 1.59. The molecule has 0 aliphatic heterocycles. The molecule has 1 heterocycles. The van der Waals surface area contributed by atoms with Crippen LogP contribution in [0, 0.1) is 6.92 Å². The van der Waals surface area contributed by atoms with Gasteiger partial charge in [-0.3, -0.25) is 4.79 Å². The number of methoxy groups -OCH3 is 1.